The predicted molar refractivity (Wildman–Crippen MR) is 82.7 cm³/mol. The molecule has 0 aliphatic heterocycles. The average Bonchev–Trinajstić information content (AvgIpc) is 2.46. The highest BCUT2D eigenvalue weighted by atomic mass is 35.5. The standard InChI is InChI=1S/C16H10Cl2O2/c1-9-15(19)11-4-2-3-5-14(11)20-16(9)10-6-7-12(17)13(18)8-10/h2-8H,1H3. The summed E-state index contributed by atoms with van der Waals surface area (Å²) < 4.78 is 5.85. The molecule has 2 aromatic carbocycles. The lowest BCUT2D eigenvalue weighted by Crippen LogP contribution is -2.06. The third-order valence-corrected chi connectivity index (χ3v) is 3.95. The summed E-state index contributed by atoms with van der Waals surface area (Å²) in [5.41, 5.74) is 1.82. The fourth-order valence-corrected chi connectivity index (χ4v) is 2.45. The summed E-state index contributed by atoms with van der Waals surface area (Å²) in [6.45, 7) is 1.75. The molecular formula is C16H10Cl2O2. The van der Waals surface area contributed by atoms with Crippen molar-refractivity contribution in [2.24, 2.45) is 0 Å². The lowest BCUT2D eigenvalue weighted by Gasteiger charge is -2.07. The quantitative estimate of drug-likeness (QED) is 0.628. The van der Waals surface area contributed by atoms with Gasteiger partial charge in [-0.3, -0.25) is 4.79 Å². The van der Waals surface area contributed by atoms with Gasteiger partial charge in [0.2, 0.25) is 0 Å². The van der Waals surface area contributed by atoms with Crippen LogP contribution in [0.4, 0.5) is 0 Å². The Balaban J connectivity index is 2.33. The van der Waals surface area contributed by atoms with E-state index in [9.17, 15) is 4.79 Å². The molecule has 0 saturated heterocycles. The van der Waals surface area contributed by atoms with Gasteiger partial charge in [0.25, 0.3) is 0 Å². The molecule has 0 bridgehead atoms. The topological polar surface area (TPSA) is 30.2 Å². The van der Waals surface area contributed by atoms with Crippen molar-refractivity contribution in [1.82, 2.24) is 0 Å². The van der Waals surface area contributed by atoms with Gasteiger partial charge in [-0.1, -0.05) is 35.3 Å². The van der Waals surface area contributed by atoms with Crippen LogP contribution in [-0.2, 0) is 0 Å². The molecule has 1 heterocycles. The third kappa shape index (κ3) is 2.11. The van der Waals surface area contributed by atoms with Gasteiger partial charge < -0.3 is 4.42 Å². The van der Waals surface area contributed by atoms with Crippen molar-refractivity contribution in [2.75, 3.05) is 0 Å². The van der Waals surface area contributed by atoms with Crippen molar-refractivity contribution in [3.8, 4) is 11.3 Å². The van der Waals surface area contributed by atoms with E-state index in [4.69, 9.17) is 27.6 Å². The van der Waals surface area contributed by atoms with E-state index >= 15 is 0 Å². The highest BCUT2D eigenvalue weighted by Gasteiger charge is 2.13. The van der Waals surface area contributed by atoms with E-state index in [0.717, 1.165) is 5.56 Å². The molecule has 1 aromatic heterocycles. The van der Waals surface area contributed by atoms with Crippen LogP contribution >= 0.6 is 23.2 Å². The summed E-state index contributed by atoms with van der Waals surface area (Å²) in [7, 11) is 0. The molecule has 0 spiro atoms. The lowest BCUT2D eigenvalue weighted by atomic mass is 10.1. The Labute approximate surface area is 125 Å². The fraction of sp³-hybridized carbons (Fsp3) is 0.0625. The van der Waals surface area contributed by atoms with Gasteiger partial charge in [0.1, 0.15) is 11.3 Å². The summed E-state index contributed by atoms with van der Waals surface area (Å²) in [4.78, 5) is 12.4. The van der Waals surface area contributed by atoms with Gasteiger partial charge in [-0.25, -0.2) is 0 Å². The first-order chi connectivity index (χ1) is 9.58. The second-order valence-electron chi connectivity index (χ2n) is 4.51. The van der Waals surface area contributed by atoms with Crippen molar-refractivity contribution in [3.63, 3.8) is 0 Å². The number of benzene rings is 2. The van der Waals surface area contributed by atoms with Crippen LogP contribution in [0.15, 0.2) is 51.7 Å². The molecule has 0 saturated carbocycles. The molecule has 3 rings (SSSR count). The molecule has 0 aliphatic carbocycles. The van der Waals surface area contributed by atoms with E-state index in [1.165, 1.54) is 0 Å². The number of para-hydroxylation sites is 1. The first-order valence-corrected chi connectivity index (χ1v) is 6.81. The number of fused-ring (bicyclic) bond motifs is 1. The zero-order chi connectivity index (χ0) is 14.3. The molecule has 20 heavy (non-hydrogen) atoms. The minimum absolute atomic E-state index is 0.0343. The number of rotatable bonds is 1. The Morgan fingerprint density at radius 3 is 2.50 bits per heavy atom. The van der Waals surface area contributed by atoms with Crippen LogP contribution in [0, 0.1) is 6.92 Å². The first kappa shape index (κ1) is 13.2. The molecule has 0 unspecified atom stereocenters. The Morgan fingerprint density at radius 1 is 1.00 bits per heavy atom. The average molecular weight is 305 g/mol. The molecule has 0 radical (unpaired) electrons. The summed E-state index contributed by atoms with van der Waals surface area (Å²) in [5.74, 6) is 0.521. The van der Waals surface area contributed by atoms with Gasteiger partial charge in [0.15, 0.2) is 5.43 Å². The number of halogens is 2. The molecule has 2 nitrogen and oxygen atoms in total. The molecular weight excluding hydrogens is 295 g/mol. The van der Waals surface area contributed by atoms with E-state index in [1.54, 1.807) is 37.3 Å². The zero-order valence-electron chi connectivity index (χ0n) is 10.6. The van der Waals surface area contributed by atoms with Crippen molar-refractivity contribution < 1.29 is 4.42 Å². The molecule has 3 aromatic rings. The maximum absolute atomic E-state index is 12.4. The van der Waals surface area contributed by atoms with E-state index in [-0.39, 0.29) is 5.43 Å². The Morgan fingerprint density at radius 2 is 1.75 bits per heavy atom. The van der Waals surface area contributed by atoms with Crippen LogP contribution in [0.3, 0.4) is 0 Å². The minimum Gasteiger partial charge on any atom is -0.456 e. The van der Waals surface area contributed by atoms with E-state index in [1.807, 2.05) is 12.1 Å². The maximum Gasteiger partial charge on any atom is 0.196 e. The molecule has 0 fully saturated rings. The van der Waals surface area contributed by atoms with Crippen LogP contribution in [0.5, 0.6) is 0 Å². The Kier molecular flexibility index (Phi) is 3.28. The van der Waals surface area contributed by atoms with Crippen LogP contribution < -0.4 is 5.43 Å². The van der Waals surface area contributed by atoms with E-state index in [2.05, 4.69) is 0 Å². The van der Waals surface area contributed by atoms with Crippen LogP contribution in [0.1, 0.15) is 5.56 Å². The van der Waals surface area contributed by atoms with Crippen LogP contribution in [0.25, 0.3) is 22.3 Å². The summed E-state index contributed by atoms with van der Waals surface area (Å²) in [6.07, 6.45) is 0. The molecule has 100 valence electrons. The largest absolute Gasteiger partial charge is 0.456 e. The summed E-state index contributed by atoms with van der Waals surface area (Å²) in [5, 5.41) is 1.48. The van der Waals surface area contributed by atoms with Crippen LogP contribution in [0.2, 0.25) is 10.0 Å². The summed E-state index contributed by atoms with van der Waals surface area (Å²) >= 11 is 11.9. The van der Waals surface area contributed by atoms with Crippen molar-refractivity contribution in [3.05, 3.63) is 68.3 Å². The van der Waals surface area contributed by atoms with Gasteiger partial charge in [-0.15, -0.1) is 0 Å². The van der Waals surface area contributed by atoms with Gasteiger partial charge in [0.05, 0.1) is 15.4 Å². The third-order valence-electron chi connectivity index (χ3n) is 3.21. The summed E-state index contributed by atoms with van der Waals surface area (Å²) in [6, 6.07) is 12.4. The first-order valence-electron chi connectivity index (χ1n) is 6.06. The second-order valence-corrected chi connectivity index (χ2v) is 5.32. The monoisotopic (exact) mass is 304 g/mol. The Bertz CT molecular complexity index is 866. The van der Waals surface area contributed by atoms with Gasteiger partial charge in [0, 0.05) is 11.1 Å². The lowest BCUT2D eigenvalue weighted by molar-refractivity contribution is 0.614. The van der Waals surface area contributed by atoms with Gasteiger partial charge in [-0.2, -0.15) is 0 Å². The highest BCUT2D eigenvalue weighted by molar-refractivity contribution is 6.42. The van der Waals surface area contributed by atoms with Crippen LogP contribution in [-0.4, -0.2) is 0 Å². The predicted octanol–water partition coefficient (Wildman–Crippen LogP) is 5.08. The minimum atomic E-state index is -0.0343. The zero-order valence-corrected chi connectivity index (χ0v) is 12.1. The molecule has 0 aliphatic rings. The fourth-order valence-electron chi connectivity index (χ4n) is 2.15. The second kappa shape index (κ2) is 4.97. The van der Waals surface area contributed by atoms with Crippen molar-refractivity contribution >= 4 is 34.2 Å². The van der Waals surface area contributed by atoms with Gasteiger partial charge >= 0.3 is 0 Å². The Hall–Kier alpha value is -1.77. The number of hydrogen-bond acceptors (Lipinski definition) is 2. The molecule has 0 atom stereocenters. The molecule has 0 N–H and O–H groups in total. The maximum atomic E-state index is 12.4. The normalized spacial score (nSPS) is 10.9. The smallest absolute Gasteiger partial charge is 0.196 e. The molecule has 4 heteroatoms. The van der Waals surface area contributed by atoms with Crippen molar-refractivity contribution in [1.29, 1.82) is 0 Å². The van der Waals surface area contributed by atoms with Crippen molar-refractivity contribution in [2.45, 2.75) is 6.92 Å². The highest BCUT2D eigenvalue weighted by Crippen LogP contribution is 2.30. The van der Waals surface area contributed by atoms with E-state index < -0.39 is 0 Å². The van der Waals surface area contributed by atoms with E-state index in [0.29, 0.717) is 32.3 Å². The molecule has 0 amide bonds. The SMILES string of the molecule is Cc1c(-c2ccc(Cl)c(Cl)c2)oc2ccccc2c1=O. The number of hydrogen-bond donors (Lipinski definition) is 0. The van der Waals surface area contributed by atoms with Gasteiger partial charge in [-0.05, 0) is 37.3 Å².